The SMILES string of the molecule is CNCCCC(=O)NCc1cccc(-n2cncn2)c1. The van der Waals surface area contributed by atoms with Crippen molar-refractivity contribution in [1.82, 2.24) is 25.4 Å². The van der Waals surface area contributed by atoms with Crippen LogP contribution in [0, 0.1) is 0 Å². The normalized spacial score (nSPS) is 10.4. The summed E-state index contributed by atoms with van der Waals surface area (Å²) in [6.07, 6.45) is 4.54. The number of amides is 1. The van der Waals surface area contributed by atoms with Gasteiger partial charge < -0.3 is 10.6 Å². The number of hydrogen-bond acceptors (Lipinski definition) is 4. The van der Waals surface area contributed by atoms with Gasteiger partial charge in [0, 0.05) is 13.0 Å². The average Bonchev–Trinajstić information content (AvgIpc) is 3.00. The van der Waals surface area contributed by atoms with Crippen LogP contribution in [0.2, 0.25) is 0 Å². The lowest BCUT2D eigenvalue weighted by Crippen LogP contribution is -2.23. The van der Waals surface area contributed by atoms with E-state index in [2.05, 4.69) is 20.7 Å². The van der Waals surface area contributed by atoms with Crippen LogP contribution in [-0.4, -0.2) is 34.3 Å². The van der Waals surface area contributed by atoms with Crippen LogP contribution in [0.1, 0.15) is 18.4 Å². The highest BCUT2D eigenvalue weighted by atomic mass is 16.1. The zero-order chi connectivity index (χ0) is 14.2. The maximum Gasteiger partial charge on any atom is 0.220 e. The molecular weight excluding hydrogens is 254 g/mol. The van der Waals surface area contributed by atoms with Crippen molar-refractivity contribution >= 4 is 5.91 Å². The third-order valence-corrected chi connectivity index (χ3v) is 2.91. The van der Waals surface area contributed by atoms with E-state index in [0.29, 0.717) is 13.0 Å². The number of nitrogens with zero attached hydrogens (tertiary/aromatic N) is 3. The number of aromatic nitrogens is 3. The maximum atomic E-state index is 11.6. The Labute approximate surface area is 118 Å². The second-order valence-corrected chi connectivity index (χ2v) is 4.49. The van der Waals surface area contributed by atoms with Gasteiger partial charge >= 0.3 is 0 Å². The molecule has 0 unspecified atom stereocenters. The van der Waals surface area contributed by atoms with Crippen LogP contribution in [0.5, 0.6) is 0 Å². The molecule has 6 heteroatoms. The monoisotopic (exact) mass is 273 g/mol. The van der Waals surface area contributed by atoms with Crippen molar-refractivity contribution in [2.24, 2.45) is 0 Å². The number of carbonyl (C=O) groups excluding carboxylic acids is 1. The Kier molecular flexibility index (Phi) is 5.25. The first-order valence-corrected chi connectivity index (χ1v) is 6.65. The zero-order valence-corrected chi connectivity index (χ0v) is 11.5. The van der Waals surface area contributed by atoms with Crippen molar-refractivity contribution in [2.45, 2.75) is 19.4 Å². The molecule has 0 fully saturated rings. The van der Waals surface area contributed by atoms with Crippen LogP contribution in [0.3, 0.4) is 0 Å². The topological polar surface area (TPSA) is 71.8 Å². The summed E-state index contributed by atoms with van der Waals surface area (Å²) in [5.74, 6) is 0.0754. The lowest BCUT2D eigenvalue weighted by atomic mass is 10.2. The quantitative estimate of drug-likeness (QED) is 0.735. The van der Waals surface area contributed by atoms with Gasteiger partial charge in [0.25, 0.3) is 0 Å². The summed E-state index contributed by atoms with van der Waals surface area (Å²) in [4.78, 5) is 15.6. The minimum absolute atomic E-state index is 0.0754. The summed E-state index contributed by atoms with van der Waals surface area (Å²) >= 11 is 0. The molecule has 0 aliphatic carbocycles. The molecule has 106 valence electrons. The lowest BCUT2D eigenvalue weighted by molar-refractivity contribution is -0.121. The number of carbonyl (C=O) groups is 1. The Morgan fingerprint density at radius 1 is 1.40 bits per heavy atom. The van der Waals surface area contributed by atoms with E-state index in [0.717, 1.165) is 24.2 Å². The Bertz CT molecular complexity index is 538. The second-order valence-electron chi connectivity index (χ2n) is 4.49. The van der Waals surface area contributed by atoms with Crippen LogP contribution in [0.4, 0.5) is 0 Å². The van der Waals surface area contributed by atoms with Gasteiger partial charge in [-0.05, 0) is 37.7 Å². The molecule has 1 aromatic carbocycles. The van der Waals surface area contributed by atoms with Gasteiger partial charge in [-0.25, -0.2) is 9.67 Å². The number of nitrogens with one attached hydrogen (secondary N) is 2. The molecule has 1 amide bonds. The minimum Gasteiger partial charge on any atom is -0.352 e. The van der Waals surface area contributed by atoms with E-state index >= 15 is 0 Å². The predicted octanol–water partition coefficient (Wildman–Crippen LogP) is 0.883. The second kappa shape index (κ2) is 7.40. The van der Waals surface area contributed by atoms with E-state index in [1.165, 1.54) is 6.33 Å². The van der Waals surface area contributed by atoms with Crippen molar-refractivity contribution in [3.05, 3.63) is 42.5 Å². The highest BCUT2D eigenvalue weighted by molar-refractivity contribution is 5.75. The highest BCUT2D eigenvalue weighted by Crippen LogP contribution is 2.08. The summed E-state index contributed by atoms with van der Waals surface area (Å²) in [5.41, 5.74) is 1.98. The van der Waals surface area contributed by atoms with Crippen molar-refractivity contribution in [3.63, 3.8) is 0 Å². The molecule has 0 aliphatic rings. The van der Waals surface area contributed by atoms with Gasteiger partial charge in [0.2, 0.25) is 5.91 Å². The molecule has 0 aliphatic heterocycles. The fourth-order valence-electron chi connectivity index (χ4n) is 1.87. The number of hydrogen-bond donors (Lipinski definition) is 2. The molecule has 2 rings (SSSR count). The fraction of sp³-hybridized carbons (Fsp3) is 0.357. The molecule has 1 aromatic heterocycles. The highest BCUT2D eigenvalue weighted by Gasteiger charge is 2.02. The lowest BCUT2D eigenvalue weighted by Gasteiger charge is -2.07. The largest absolute Gasteiger partial charge is 0.352 e. The smallest absolute Gasteiger partial charge is 0.220 e. The minimum atomic E-state index is 0.0754. The molecule has 6 nitrogen and oxygen atoms in total. The van der Waals surface area contributed by atoms with Gasteiger partial charge in [-0.1, -0.05) is 12.1 Å². The molecule has 0 atom stereocenters. The van der Waals surface area contributed by atoms with E-state index in [1.807, 2.05) is 31.3 Å². The van der Waals surface area contributed by atoms with Gasteiger partial charge in [-0.3, -0.25) is 4.79 Å². The summed E-state index contributed by atoms with van der Waals surface area (Å²) in [6, 6.07) is 7.86. The predicted molar refractivity (Wildman–Crippen MR) is 76.4 cm³/mol. The third kappa shape index (κ3) is 4.17. The summed E-state index contributed by atoms with van der Waals surface area (Å²) < 4.78 is 1.69. The van der Waals surface area contributed by atoms with Crippen molar-refractivity contribution in [1.29, 1.82) is 0 Å². The molecule has 0 radical (unpaired) electrons. The Hall–Kier alpha value is -2.21. The molecule has 0 spiro atoms. The van der Waals surface area contributed by atoms with Gasteiger partial charge in [-0.2, -0.15) is 5.10 Å². The van der Waals surface area contributed by atoms with Gasteiger partial charge in [0.15, 0.2) is 0 Å². The molecule has 0 bridgehead atoms. The van der Waals surface area contributed by atoms with Crippen LogP contribution >= 0.6 is 0 Å². The first-order valence-electron chi connectivity index (χ1n) is 6.65. The Balaban J connectivity index is 1.87. The number of benzene rings is 1. The Morgan fingerprint density at radius 2 is 2.30 bits per heavy atom. The third-order valence-electron chi connectivity index (χ3n) is 2.91. The van der Waals surface area contributed by atoms with Crippen LogP contribution < -0.4 is 10.6 Å². The molecule has 2 aromatic rings. The summed E-state index contributed by atoms with van der Waals surface area (Å²) in [5, 5.41) is 10.0. The van der Waals surface area contributed by atoms with Gasteiger partial charge in [-0.15, -0.1) is 0 Å². The first kappa shape index (κ1) is 14.2. The number of rotatable bonds is 7. The summed E-state index contributed by atoms with van der Waals surface area (Å²) in [6.45, 7) is 1.39. The first-order chi connectivity index (χ1) is 9.79. The molecule has 2 N–H and O–H groups in total. The van der Waals surface area contributed by atoms with Crippen LogP contribution in [0.25, 0.3) is 5.69 Å². The van der Waals surface area contributed by atoms with E-state index in [1.54, 1.807) is 11.0 Å². The van der Waals surface area contributed by atoms with E-state index in [-0.39, 0.29) is 5.91 Å². The molecule has 0 saturated heterocycles. The van der Waals surface area contributed by atoms with E-state index < -0.39 is 0 Å². The molecular formula is C14H19N5O. The molecule has 0 saturated carbocycles. The zero-order valence-electron chi connectivity index (χ0n) is 11.5. The van der Waals surface area contributed by atoms with Crippen molar-refractivity contribution < 1.29 is 4.79 Å². The standard InChI is InChI=1S/C14H19N5O/c1-15-7-3-6-14(20)17-9-12-4-2-5-13(8-12)19-11-16-10-18-19/h2,4-5,8,10-11,15H,3,6-7,9H2,1H3,(H,17,20). The fourth-order valence-corrected chi connectivity index (χ4v) is 1.87. The van der Waals surface area contributed by atoms with Crippen molar-refractivity contribution in [2.75, 3.05) is 13.6 Å². The molecule has 20 heavy (non-hydrogen) atoms. The summed E-state index contributed by atoms with van der Waals surface area (Å²) in [7, 11) is 1.88. The van der Waals surface area contributed by atoms with E-state index in [4.69, 9.17) is 0 Å². The van der Waals surface area contributed by atoms with Crippen LogP contribution in [0.15, 0.2) is 36.9 Å². The van der Waals surface area contributed by atoms with Gasteiger partial charge in [0.05, 0.1) is 5.69 Å². The average molecular weight is 273 g/mol. The van der Waals surface area contributed by atoms with E-state index in [9.17, 15) is 4.79 Å². The molecule has 1 heterocycles. The van der Waals surface area contributed by atoms with Gasteiger partial charge in [0.1, 0.15) is 12.7 Å². The Morgan fingerprint density at radius 3 is 3.05 bits per heavy atom. The maximum absolute atomic E-state index is 11.6. The van der Waals surface area contributed by atoms with Crippen molar-refractivity contribution in [3.8, 4) is 5.69 Å². The van der Waals surface area contributed by atoms with Crippen LogP contribution in [-0.2, 0) is 11.3 Å².